The second-order valence-electron chi connectivity index (χ2n) is 6.39. The number of amides is 1. The first-order valence-electron chi connectivity index (χ1n) is 8.52. The number of aromatic nitrogens is 3. The van der Waals surface area contributed by atoms with Crippen LogP contribution in [-0.4, -0.2) is 38.6 Å². The van der Waals surface area contributed by atoms with Crippen LogP contribution in [0.3, 0.4) is 0 Å². The van der Waals surface area contributed by atoms with Crippen molar-refractivity contribution in [1.29, 1.82) is 0 Å². The average molecular weight is 336 g/mol. The lowest BCUT2D eigenvalue weighted by atomic mass is 9.96. The Hall–Kier alpha value is -2.89. The van der Waals surface area contributed by atoms with Gasteiger partial charge in [-0.1, -0.05) is 35.5 Å². The molecule has 6 nitrogen and oxygen atoms in total. The Balaban J connectivity index is 1.42. The first-order valence-corrected chi connectivity index (χ1v) is 8.52. The molecule has 1 aromatic carbocycles. The summed E-state index contributed by atoms with van der Waals surface area (Å²) >= 11 is 0. The van der Waals surface area contributed by atoms with Crippen LogP contribution in [0.4, 0.5) is 0 Å². The van der Waals surface area contributed by atoms with E-state index in [2.05, 4.69) is 10.1 Å². The number of carbonyl (C=O) groups is 1. The fourth-order valence-corrected chi connectivity index (χ4v) is 3.28. The summed E-state index contributed by atoms with van der Waals surface area (Å²) in [6, 6.07) is 13.6. The summed E-state index contributed by atoms with van der Waals surface area (Å²) in [7, 11) is 1.89. The number of aryl methyl sites for hydroxylation is 1. The monoisotopic (exact) mass is 336 g/mol. The minimum absolute atomic E-state index is 0.0847. The van der Waals surface area contributed by atoms with Gasteiger partial charge in [0.05, 0.1) is 0 Å². The van der Waals surface area contributed by atoms with E-state index in [0.29, 0.717) is 24.8 Å². The minimum Gasteiger partial charge on any atom is -0.347 e. The Labute approximate surface area is 146 Å². The minimum atomic E-state index is 0.0847. The van der Waals surface area contributed by atoms with Gasteiger partial charge in [0.1, 0.15) is 5.69 Å². The fourth-order valence-electron chi connectivity index (χ4n) is 3.28. The van der Waals surface area contributed by atoms with Gasteiger partial charge in [0.25, 0.3) is 5.91 Å². The van der Waals surface area contributed by atoms with Crippen molar-refractivity contribution in [2.24, 2.45) is 7.05 Å². The number of nitrogens with zero attached hydrogens (tertiary/aromatic N) is 4. The number of piperidine rings is 1. The summed E-state index contributed by atoms with van der Waals surface area (Å²) in [4.78, 5) is 19.0. The quantitative estimate of drug-likeness (QED) is 0.737. The Bertz CT molecular complexity index is 860. The highest BCUT2D eigenvalue weighted by Gasteiger charge is 2.28. The Morgan fingerprint density at radius 2 is 1.88 bits per heavy atom. The van der Waals surface area contributed by atoms with Gasteiger partial charge in [0, 0.05) is 37.8 Å². The molecule has 3 heterocycles. The molecule has 1 aliphatic heterocycles. The molecule has 25 heavy (non-hydrogen) atoms. The first-order chi connectivity index (χ1) is 12.2. The molecule has 0 unspecified atom stereocenters. The first kappa shape index (κ1) is 15.6. The number of likely N-dealkylation sites (tertiary alicyclic amines) is 1. The Morgan fingerprint density at radius 1 is 1.12 bits per heavy atom. The highest BCUT2D eigenvalue weighted by Crippen LogP contribution is 2.29. The van der Waals surface area contributed by atoms with Crippen molar-refractivity contribution in [2.75, 3.05) is 13.1 Å². The van der Waals surface area contributed by atoms with Crippen LogP contribution in [-0.2, 0) is 7.05 Å². The molecule has 3 aromatic rings. The predicted molar refractivity (Wildman–Crippen MR) is 93.0 cm³/mol. The second-order valence-corrected chi connectivity index (χ2v) is 6.39. The molecule has 0 N–H and O–H groups in total. The lowest BCUT2D eigenvalue weighted by Gasteiger charge is -2.30. The molecule has 0 saturated carbocycles. The van der Waals surface area contributed by atoms with Gasteiger partial charge >= 0.3 is 0 Å². The highest BCUT2D eigenvalue weighted by atomic mass is 16.5. The number of benzene rings is 1. The van der Waals surface area contributed by atoms with Crippen LogP contribution in [0.2, 0.25) is 0 Å². The fraction of sp³-hybridized carbons (Fsp3) is 0.316. The summed E-state index contributed by atoms with van der Waals surface area (Å²) in [6.45, 7) is 1.41. The summed E-state index contributed by atoms with van der Waals surface area (Å²) in [6.07, 6.45) is 3.57. The van der Waals surface area contributed by atoms with Crippen molar-refractivity contribution in [3.63, 3.8) is 0 Å². The van der Waals surface area contributed by atoms with Crippen molar-refractivity contribution < 1.29 is 9.32 Å². The van der Waals surface area contributed by atoms with Gasteiger partial charge < -0.3 is 14.0 Å². The van der Waals surface area contributed by atoms with E-state index in [1.165, 1.54) is 0 Å². The van der Waals surface area contributed by atoms with Gasteiger partial charge in [-0.25, -0.2) is 0 Å². The van der Waals surface area contributed by atoms with Crippen LogP contribution in [0.25, 0.3) is 11.4 Å². The third-order valence-electron chi connectivity index (χ3n) is 4.77. The molecular formula is C19H20N4O2. The maximum Gasteiger partial charge on any atom is 0.270 e. The Kier molecular flexibility index (Phi) is 4.09. The molecule has 1 saturated heterocycles. The van der Waals surface area contributed by atoms with E-state index in [1.54, 1.807) is 0 Å². The van der Waals surface area contributed by atoms with Crippen molar-refractivity contribution in [1.82, 2.24) is 19.6 Å². The molecule has 1 aliphatic rings. The molecule has 0 bridgehead atoms. The van der Waals surface area contributed by atoms with Gasteiger partial charge in [-0.3, -0.25) is 4.79 Å². The summed E-state index contributed by atoms with van der Waals surface area (Å²) in [5, 5.41) is 4.10. The van der Waals surface area contributed by atoms with Crippen LogP contribution in [0.1, 0.15) is 35.1 Å². The number of carbonyl (C=O) groups excluding carboxylic acids is 1. The smallest absolute Gasteiger partial charge is 0.270 e. The lowest BCUT2D eigenvalue weighted by Crippen LogP contribution is -2.38. The van der Waals surface area contributed by atoms with Gasteiger partial charge in [-0.2, -0.15) is 4.98 Å². The van der Waals surface area contributed by atoms with E-state index in [-0.39, 0.29) is 11.8 Å². The number of hydrogen-bond donors (Lipinski definition) is 0. The van der Waals surface area contributed by atoms with Crippen molar-refractivity contribution >= 4 is 5.91 Å². The molecule has 2 aromatic heterocycles. The molecule has 0 radical (unpaired) electrons. The third-order valence-corrected chi connectivity index (χ3v) is 4.77. The van der Waals surface area contributed by atoms with E-state index in [1.807, 2.05) is 65.2 Å². The van der Waals surface area contributed by atoms with Crippen molar-refractivity contribution in [2.45, 2.75) is 18.8 Å². The zero-order valence-corrected chi connectivity index (χ0v) is 14.1. The molecule has 128 valence electrons. The maximum atomic E-state index is 12.6. The van der Waals surface area contributed by atoms with Crippen molar-refractivity contribution in [3.8, 4) is 11.4 Å². The van der Waals surface area contributed by atoms with Gasteiger partial charge in [-0.05, 0) is 25.0 Å². The SMILES string of the molecule is Cn1cccc1C(=O)N1CCC(c2nc(-c3ccccc3)no2)CC1. The lowest BCUT2D eigenvalue weighted by molar-refractivity contribution is 0.0695. The molecule has 0 atom stereocenters. The van der Waals surface area contributed by atoms with E-state index < -0.39 is 0 Å². The predicted octanol–water partition coefficient (Wildman–Crippen LogP) is 3.09. The number of rotatable bonds is 3. The van der Waals surface area contributed by atoms with Crippen LogP contribution in [0, 0.1) is 0 Å². The number of hydrogen-bond acceptors (Lipinski definition) is 4. The molecule has 0 aliphatic carbocycles. The van der Waals surface area contributed by atoms with Crippen LogP contribution in [0.15, 0.2) is 53.2 Å². The van der Waals surface area contributed by atoms with E-state index >= 15 is 0 Å². The topological polar surface area (TPSA) is 64.2 Å². The third kappa shape index (κ3) is 3.07. The van der Waals surface area contributed by atoms with E-state index in [0.717, 1.165) is 24.1 Å². The van der Waals surface area contributed by atoms with E-state index in [4.69, 9.17) is 4.52 Å². The molecular weight excluding hydrogens is 316 g/mol. The van der Waals surface area contributed by atoms with Gasteiger partial charge in [0.15, 0.2) is 0 Å². The molecule has 1 fully saturated rings. The molecule has 6 heteroatoms. The van der Waals surface area contributed by atoms with Crippen LogP contribution < -0.4 is 0 Å². The second kappa shape index (κ2) is 6.55. The Morgan fingerprint density at radius 3 is 2.56 bits per heavy atom. The van der Waals surface area contributed by atoms with Gasteiger partial charge in [0.2, 0.25) is 11.7 Å². The van der Waals surface area contributed by atoms with Crippen LogP contribution >= 0.6 is 0 Å². The normalized spacial score (nSPS) is 15.5. The van der Waals surface area contributed by atoms with Crippen molar-refractivity contribution in [3.05, 3.63) is 60.2 Å². The summed E-state index contributed by atoms with van der Waals surface area (Å²) in [5.74, 6) is 1.59. The summed E-state index contributed by atoms with van der Waals surface area (Å²) in [5.41, 5.74) is 1.68. The maximum absolute atomic E-state index is 12.6. The van der Waals surface area contributed by atoms with Gasteiger partial charge in [-0.15, -0.1) is 0 Å². The highest BCUT2D eigenvalue weighted by molar-refractivity contribution is 5.92. The molecule has 1 amide bonds. The zero-order chi connectivity index (χ0) is 17.2. The van der Waals surface area contributed by atoms with Crippen LogP contribution in [0.5, 0.6) is 0 Å². The summed E-state index contributed by atoms with van der Waals surface area (Å²) < 4.78 is 7.34. The average Bonchev–Trinajstić information content (AvgIpc) is 3.31. The van der Waals surface area contributed by atoms with E-state index in [9.17, 15) is 4.79 Å². The zero-order valence-electron chi connectivity index (χ0n) is 14.1. The largest absolute Gasteiger partial charge is 0.347 e. The molecule has 4 rings (SSSR count). The molecule has 0 spiro atoms. The standard InChI is InChI=1S/C19H20N4O2/c1-22-11-5-8-16(22)19(24)23-12-9-15(10-13-23)18-20-17(21-25-18)14-6-3-2-4-7-14/h2-8,11,15H,9-10,12-13H2,1H3.